The van der Waals surface area contributed by atoms with Crippen LogP contribution in [0, 0.1) is 5.92 Å². The molecule has 0 spiro atoms. The van der Waals surface area contributed by atoms with Crippen molar-refractivity contribution in [3.8, 4) is 0 Å². The number of carbonyl (C=O) groups excluding carboxylic acids is 1. The quantitative estimate of drug-likeness (QED) is 0.657. The lowest BCUT2D eigenvalue weighted by molar-refractivity contribution is -0.0131. The summed E-state index contributed by atoms with van der Waals surface area (Å²) < 4.78 is 0. The Morgan fingerprint density at radius 2 is 1.91 bits per heavy atom. The Morgan fingerprint density at radius 1 is 1.26 bits per heavy atom. The number of rotatable bonds is 6. The topological polar surface area (TPSA) is 64.6 Å². The van der Waals surface area contributed by atoms with E-state index < -0.39 is 5.60 Å². The molecular weight excluding hydrogens is 290 g/mol. The maximum Gasteiger partial charge on any atom is 0.315 e. The molecule has 23 heavy (non-hydrogen) atoms. The third-order valence-electron chi connectivity index (χ3n) is 5.40. The summed E-state index contributed by atoms with van der Waals surface area (Å²) in [5, 5.41) is 16.5. The molecule has 5 heteroatoms. The molecule has 0 aromatic carbocycles. The minimum atomic E-state index is -0.801. The Kier molecular flexibility index (Phi) is 6.90. The zero-order valence-corrected chi connectivity index (χ0v) is 14.5. The van der Waals surface area contributed by atoms with Gasteiger partial charge in [0.15, 0.2) is 0 Å². The van der Waals surface area contributed by atoms with Gasteiger partial charge in [0.2, 0.25) is 0 Å². The van der Waals surface area contributed by atoms with Gasteiger partial charge in [-0.3, -0.25) is 4.90 Å². The number of nitrogens with one attached hydrogen (secondary N) is 2. The summed E-state index contributed by atoms with van der Waals surface area (Å²) in [7, 11) is 0. The average molecular weight is 323 g/mol. The molecule has 1 aliphatic heterocycles. The van der Waals surface area contributed by atoms with Gasteiger partial charge in [-0.15, -0.1) is 6.58 Å². The zero-order chi connectivity index (χ0) is 16.7. The maximum atomic E-state index is 12.1. The molecule has 0 aromatic rings. The summed E-state index contributed by atoms with van der Waals surface area (Å²) >= 11 is 0. The van der Waals surface area contributed by atoms with Gasteiger partial charge in [0.05, 0.1) is 5.60 Å². The monoisotopic (exact) mass is 323 g/mol. The lowest BCUT2D eigenvalue weighted by atomic mass is 9.78. The SMILES string of the molecule is C=CCN1CCC(NC(=O)NC[C@](C)(O)C2CCCCC2)CC1. The maximum absolute atomic E-state index is 12.1. The molecule has 2 amide bonds. The smallest absolute Gasteiger partial charge is 0.315 e. The number of carbonyl (C=O) groups is 1. The molecule has 5 nitrogen and oxygen atoms in total. The van der Waals surface area contributed by atoms with Crippen molar-refractivity contribution in [1.29, 1.82) is 0 Å². The van der Waals surface area contributed by atoms with Gasteiger partial charge in [0.25, 0.3) is 0 Å². The van der Waals surface area contributed by atoms with Crippen molar-refractivity contribution >= 4 is 6.03 Å². The summed E-state index contributed by atoms with van der Waals surface area (Å²) in [6, 6.07) is 0.0824. The van der Waals surface area contributed by atoms with Gasteiger partial charge < -0.3 is 15.7 Å². The predicted molar refractivity (Wildman–Crippen MR) is 93.4 cm³/mol. The van der Waals surface area contributed by atoms with E-state index >= 15 is 0 Å². The number of urea groups is 1. The van der Waals surface area contributed by atoms with Crippen LogP contribution in [0.4, 0.5) is 4.79 Å². The second-order valence-corrected chi connectivity index (χ2v) is 7.38. The molecule has 2 rings (SSSR count). The number of piperidine rings is 1. The van der Waals surface area contributed by atoms with E-state index in [4.69, 9.17) is 0 Å². The van der Waals surface area contributed by atoms with Crippen molar-refractivity contribution < 1.29 is 9.90 Å². The minimum absolute atomic E-state index is 0.150. The first-order chi connectivity index (χ1) is 11.0. The lowest BCUT2D eigenvalue weighted by Gasteiger charge is -2.36. The number of nitrogens with zero attached hydrogens (tertiary/aromatic N) is 1. The van der Waals surface area contributed by atoms with E-state index in [9.17, 15) is 9.90 Å². The molecular formula is C18H33N3O2. The Balaban J connectivity index is 1.67. The fourth-order valence-electron chi connectivity index (χ4n) is 3.81. The molecule has 0 unspecified atom stereocenters. The molecule has 1 atom stereocenters. The summed E-state index contributed by atoms with van der Waals surface area (Å²) in [6.07, 6.45) is 9.65. The Bertz CT molecular complexity index is 384. The van der Waals surface area contributed by atoms with Crippen molar-refractivity contribution in [3.63, 3.8) is 0 Å². The van der Waals surface area contributed by atoms with Gasteiger partial charge in [-0.25, -0.2) is 4.79 Å². The van der Waals surface area contributed by atoms with E-state index in [0.29, 0.717) is 12.5 Å². The minimum Gasteiger partial charge on any atom is -0.388 e. The molecule has 0 radical (unpaired) electrons. The highest BCUT2D eigenvalue weighted by molar-refractivity contribution is 5.74. The van der Waals surface area contributed by atoms with Gasteiger partial charge in [0.1, 0.15) is 0 Å². The van der Waals surface area contributed by atoms with Gasteiger partial charge >= 0.3 is 6.03 Å². The molecule has 1 heterocycles. The second-order valence-electron chi connectivity index (χ2n) is 7.38. The standard InChI is InChI=1S/C18H33N3O2/c1-3-11-21-12-9-16(10-13-21)20-17(22)19-14-18(2,23)15-7-5-4-6-8-15/h3,15-16,23H,1,4-14H2,2H3,(H2,19,20,22)/t18-/m0/s1. The van der Waals surface area contributed by atoms with Crippen LogP contribution in [0.5, 0.6) is 0 Å². The number of likely N-dealkylation sites (tertiary alicyclic amines) is 1. The lowest BCUT2D eigenvalue weighted by Crippen LogP contribution is -2.52. The molecule has 1 aliphatic carbocycles. The molecule has 2 fully saturated rings. The van der Waals surface area contributed by atoms with Crippen LogP contribution in [0.25, 0.3) is 0 Å². The van der Waals surface area contributed by atoms with Gasteiger partial charge in [0, 0.05) is 32.2 Å². The Hall–Kier alpha value is -1.07. The van der Waals surface area contributed by atoms with Crippen LogP contribution < -0.4 is 10.6 Å². The normalized spacial score (nSPS) is 23.9. The van der Waals surface area contributed by atoms with Crippen molar-refractivity contribution in [1.82, 2.24) is 15.5 Å². The predicted octanol–water partition coefficient (Wildman–Crippen LogP) is 2.27. The van der Waals surface area contributed by atoms with Gasteiger partial charge in [-0.2, -0.15) is 0 Å². The van der Waals surface area contributed by atoms with Crippen LogP contribution in [0.2, 0.25) is 0 Å². The second kappa shape index (κ2) is 8.69. The van der Waals surface area contributed by atoms with E-state index in [1.54, 1.807) is 0 Å². The third-order valence-corrected chi connectivity index (χ3v) is 5.40. The summed E-state index contributed by atoms with van der Waals surface area (Å²) in [5.41, 5.74) is -0.801. The summed E-state index contributed by atoms with van der Waals surface area (Å²) in [6.45, 7) is 8.87. The highest BCUT2D eigenvalue weighted by atomic mass is 16.3. The van der Waals surface area contributed by atoms with Gasteiger partial charge in [-0.1, -0.05) is 25.3 Å². The average Bonchev–Trinajstić information content (AvgIpc) is 2.56. The number of hydrogen-bond donors (Lipinski definition) is 3. The van der Waals surface area contributed by atoms with Crippen LogP contribution >= 0.6 is 0 Å². The Morgan fingerprint density at radius 3 is 2.52 bits per heavy atom. The van der Waals surface area contributed by atoms with Crippen LogP contribution in [-0.4, -0.2) is 53.9 Å². The van der Waals surface area contributed by atoms with Gasteiger partial charge in [-0.05, 0) is 38.5 Å². The van der Waals surface area contributed by atoms with Crippen molar-refractivity contribution in [2.45, 2.75) is 63.5 Å². The van der Waals surface area contributed by atoms with Crippen molar-refractivity contribution in [2.75, 3.05) is 26.2 Å². The third kappa shape index (κ3) is 5.81. The molecule has 0 bridgehead atoms. The van der Waals surface area contributed by atoms with Crippen LogP contribution in [0.3, 0.4) is 0 Å². The molecule has 1 saturated heterocycles. The van der Waals surface area contributed by atoms with Crippen LogP contribution in [0.15, 0.2) is 12.7 Å². The zero-order valence-electron chi connectivity index (χ0n) is 14.5. The number of aliphatic hydroxyl groups is 1. The van der Waals surface area contributed by atoms with E-state index in [-0.39, 0.29) is 12.1 Å². The molecule has 3 N–H and O–H groups in total. The van der Waals surface area contributed by atoms with Crippen molar-refractivity contribution in [3.05, 3.63) is 12.7 Å². The largest absolute Gasteiger partial charge is 0.388 e. The van der Waals surface area contributed by atoms with Crippen LogP contribution in [-0.2, 0) is 0 Å². The van der Waals surface area contributed by atoms with Crippen LogP contribution in [0.1, 0.15) is 51.9 Å². The first-order valence-electron chi connectivity index (χ1n) is 9.11. The summed E-state index contributed by atoms with van der Waals surface area (Å²) in [5.74, 6) is 0.304. The number of amides is 2. The highest BCUT2D eigenvalue weighted by Gasteiger charge is 2.33. The molecule has 2 aliphatic rings. The number of hydrogen-bond acceptors (Lipinski definition) is 3. The molecule has 0 aromatic heterocycles. The fourth-order valence-corrected chi connectivity index (χ4v) is 3.81. The van der Waals surface area contributed by atoms with E-state index in [1.807, 2.05) is 13.0 Å². The summed E-state index contributed by atoms with van der Waals surface area (Å²) in [4.78, 5) is 14.4. The first kappa shape index (κ1) is 18.3. The highest BCUT2D eigenvalue weighted by Crippen LogP contribution is 2.32. The van der Waals surface area contributed by atoms with E-state index in [0.717, 1.165) is 45.3 Å². The van der Waals surface area contributed by atoms with E-state index in [2.05, 4.69) is 22.1 Å². The van der Waals surface area contributed by atoms with E-state index in [1.165, 1.54) is 19.3 Å². The Labute approximate surface area is 140 Å². The molecule has 132 valence electrons. The first-order valence-corrected chi connectivity index (χ1v) is 9.11. The fraction of sp³-hybridized carbons (Fsp3) is 0.833. The molecule has 1 saturated carbocycles. The van der Waals surface area contributed by atoms with Crippen molar-refractivity contribution in [2.24, 2.45) is 5.92 Å².